The molecule has 0 saturated heterocycles. The lowest BCUT2D eigenvalue weighted by Gasteiger charge is -2.16. The van der Waals surface area contributed by atoms with E-state index < -0.39 is 95.6 Å². The van der Waals surface area contributed by atoms with Crippen LogP contribution in [0.2, 0.25) is 5.28 Å². The van der Waals surface area contributed by atoms with E-state index in [1.165, 1.54) is 67.6 Å². The van der Waals surface area contributed by atoms with Crippen molar-refractivity contribution in [1.29, 1.82) is 0 Å². The van der Waals surface area contributed by atoms with Crippen LogP contribution in [0, 0.1) is 6.92 Å². The van der Waals surface area contributed by atoms with Gasteiger partial charge in [-0.2, -0.15) is 42.0 Å². The number of hydrogen-bond donors (Lipinski definition) is 9. The maximum absolute atomic E-state index is 12.8. The lowest BCUT2D eigenvalue weighted by Crippen LogP contribution is -2.10. The summed E-state index contributed by atoms with van der Waals surface area (Å²) in [5.41, 5.74) is -0.874. The fourth-order valence-electron chi connectivity index (χ4n) is 6.93. The van der Waals surface area contributed by atoms with Crippen molar-refractivity contribution in [2.24, 2.45) is 20.5 Å². The van der Waals surface area contributed by atoms with Crippen molar-refractivity contribution in [2.75, 3.05) is 35.4 Å². The molecule has 0 bridgehead atoms. The minimum absolute atomic E-state index is 0.0117. The van der Waals surface area contributed by atoms with Gasteiger partial charge in [0.15, 0.2) is 55.8 Å². The zero-order valence-electron chi connectivity index (χ0n) is 39.4. The molecule has 0 aliphatic heterocycles. The maximum atomic E-state index is 12.8. The number of hydrogen-bond acceptors (Lipinski definition) is 33. The summed E-state index contributed by atoms with van der Waals surface area (Å²) in [6.45, 7) is 0.790. The van der Waals surface area contributed by atoms with Gasteiger partial charge < -0.3 is 20.8 Å². The Morgan fingerprint density at radius 3 is 1.41 bits per heavy atom. The van der Waals surface area contributed by atoms with Crippen LogP contribution in [-0.4, -0.2) is 108 Å². The van der Waals surface area contributed by atoms with Crippen LogP contribution in [0.1, 0.15) is 5.56 Å². The zero-order valence-corrected chi connectivity index (χ0v) is 45.9. The Kier molecular flexibility index (Phi) is 20.5. The Bertz CT molecular complexity index is 3970. The smallest absolute Gasteiger partial charge is 0.294 e. The zero-order chi connectivity index (χ0) is 58.0. The highest BCUT2D eigenvalue weighted by atomic mass is 35.5. The molecule has 0 aliphatic carbocycles. The highest BCUT2D eigenvalue weighted by Gasteiger charge is 2.25. The number of anilines is 4. The second-order valence-corrected chi connectivity index (χ2v) is 24.5. The molecule has 0 amide bonds. The SMILES string of the molecule is Cc1cc2cc(S(=O)(=O)O)cc(Nc3nc(Cl)nc(Nc4cc(S(=O)(=O)O)cc5cc(SOOO)c(/N=N/c6ccc(S(=O)(=O)CCOSOOO)cc6)c(O)c45)n3)c2c(O)c1/N=N/c1ccc(S(=O)(=O)CCOSOOO)cc1. The fraction of sp³-hybridized carbons (Fsp3) is 0.125. The summed E-state index contributed by atoms with van der Waals surface area (Å²) >= 11 is 6.99. The Hall–Kier alpha value is -6.13. The highest BCUT2D eigenvalue weighted by molar-refractivity contribution is 7.94. The number of rotatable bonds is 27. The summed E-state index contributed by atoms with van der Waals surface area (Å²) in [5, 5.41) is 80.0. The molecule has 7 rings (SSSR count). The van der Waals surface area contributed by atoms with Gasteiger partial charge in [0.2, 0.25) is 17.2 Å². The maximum Gasteiger partial charge on any atom is 0.294 e. The summed E-state index contributed by atoms with van der Waals surface area (Å²) in [6.07, 6.45) is 0. The van der Waals surface area contributed by atoms with E-state index in [-0.39, 0.29) is 120 Å². The molecule has 9 N–H and O–H groups in total. The van der Waals surface area contributed by atoms with Crippen LogP contribution in [0.5, 0.6) is 11.5 Å². The molecule has 1 heterocycles. The van der Waals surface area contributed by atoms with E-state index in [9.17, 15) is 53.0 Å². The van der Waals surface area contributed by atoms with E-state index in [2.05, 4.69) is 74.2 Å². The molecule has 40 heteroatoms. The molecule has 7 aromatic rings. The normalized spacial score (nSPS) is 12.6. The van der Waals surface area contributed by atoms with E-state index in [0.29, 0.717) is 0 Å². The number of phenolic OH excluding ortho intramolecular Hbond substituents is 2. The molecule has 1 aromatic heterocycles. The van der Waals surface area contributed by atoms with Crippen LogP contribution >= 0.6 is 48.3 Å². The Morgan fingerprint density at radius 2 is 0.975 bits per heavy atom. The average Bonchev–Trinajstić information content (AvgIpc) is 3.60. The number of aryl methyl sites for hydroxylation is 1. The number of nitrogens with zero attached hydrogens (tertiary/aromatic N) is 7. The van der Waals surface area contributed by atoms with Crippen LogP contribution in [0.15, 0.2) is 130 Å². The number of halogens is 1. The van der Waals surface area contributed by atoms with Crippen LogP contribution < -0.4 is 10.6 Å². The van der Waals surface area contributed by atoms with Crippen molar-refractivity contribution >= 4 is 156 Å². The van der Waals surface area contributed by atoms with E-state index in [1.807, 2.05) is 0 Å². The molecule has 426 valence electrons. The first-order chi connectivity index (χ1) is 37.9. The quantitative estimate of drug-likeness (QED) is 0.00578. The lowest BCUT2D eigenvalue weighted by molar-refractivity contribution is -0.434. The topological polar surface area (TPSA) is 464 Å². The van der Waals surface area contributed by atoms with Gasteiger partial charge in [-0.05, 0) is 120 Å². The minimum atomic E-state index is -5.04. The molecule has 0 radical (unpaired) electrons. The van der Waals surface area contributed by atoms with Crippen molar-refractivity contribution in [3.8, 4) is 11.5 Å². The number of nitrogens with one attached hydrogen (secondary N) is 2. The molecule has 0 aliphatic rings. The van der Waals surface area contributed by atoms with E-state index in [4.69, 9.17) is 35.7 Å². The van der Waals surface area contributed by atoms with E-state index in [0.717, 1.165) is 24.3 Å². The molecule has 80 heavy (non-hydrogen) atoms. The average molecular weight is 1270 g/mol. The summed E-state index contributed by atoms with van der Waals surface area (Å²) in [4.78, 5) is 10.4. The number of aromatic nitrogens is 3. The number of fused-ring (bicyclic) bond motifs is 2. The van der Waals surface area contributed by atoms with Crippen molar-refractivity contribution in [3.05, 3.63) is 95.8 Å². The largest absolute Gasteiger partial charge is 0.505 e. The van der Waals surface area contributed by atoms with Crippen molar-refractivity contribution in [1.82, 2.24) is 15.0 Å². The molecule has 6 aromatic carbocycles. The third kappa shape index (κ3) is 15.7. The minimum Gasteiger partial charge on any atom is -0.505 e. The summed E-state index contributed by atoms with van der Waals surface area (Å²) in [7, 11) is -17.8. The first-order valence-electron chi connectivity index (χ1n) is 21.1. The van der Waals surface area contributed by atoms with E-state index >= 15 is 0 Å². The van der Waals surface area contributed by atoms with Crippen LogP contribution in [0.3, 0.4) is 0 Å². The number of benzene rings is 6. The first kappa shape index (κ1) is 61.5. The summed E-state index contributed by atoms with van der Waals surface area (Å²) in [6, 6.07) is 16.2. The van der Waals surface area contributed by atoms with Crippen molar-refractivity contribution in [3.63, 3.8) is 0 Å². The van der Waals surface area contributed by atoms with Gasteiger partial charge >= 0.3 is 0 Å². The number of phenols is 2. The third-order valence-corrected chi connectivity index (χ3v) is 16.9. The van der Waals surface area contributed by atoms with Crippen LogP contribution in [0.25, 0.3) is 21.5 Å². The highest BCUT2D eigenvalue weighted by Crippen LogP contribution is 2.48. The van der Waals surface area contributed by atoms with Gasteiger partial charge in [0.1, 0.15) is 11.4 Å². The molecule has 0 spiro atoms. The summed E-state index contributed by atoms with van der Waals surface area (Å²) in [5.74, 6) is -3.39. The monoisotopic (exact) mass is 1270 g/mol. The van der Waals surface area contributed by atoms with Crippen LogP contribution in [-0.2, 0) is 76.4 Å². The van der Waals surface area contributed by atoms with E-state index in [1.54, 1.807) is 0 Å². The predicted octanol–water partition coefficient (Wildman–Crippen LogP) is 9.34. The van der Waals surface area contributed by atoms with Gasteiger partial charge in [-0.1, -0.05) is 15.1 Å². The second-order valence-electron chi connectivity index (χ2n) is 15.4. The Morgan fingerprint density at radius 1 is 0.550 bits per heavy atom. The third-order valence-electron chi connectivity index (χ3n) is 10.3. The van der Waals surface area contributed by atoms with Gasteiger partial charge in [0.25, 0.3) is 20.2 Å². The molecule has 0 unspecified atom stereocenters. The second kappa shape index (κ2) is 26.6. The van der Waals surface area contributed by atoms with Gasteiger partial charge in [-0.3, -0.25) is 17.5 Å². The van der Waals surface area contributed by atoms with Crippen LogP contribution in [0.4, 0.5) is 46.0 Å². The first-order valence-corrected chi connectivity index (χ1v) is 29.8. The molecule has 0 fully saturated rings. The Balaban J connectivity index is 1.24. The summed E-state index contributed by atoms with van der Waals surface area (Å²) < 4.78 is 144. The lowest BCUT2D eigenvalue weighted by atomic mass is 10.0. The predicted molar refractivity (Wildman–Crippen MR) is 280 cm³/mol. The number of sulfone groups is 2. The van der Waals surface area contributed by atoms with Gasteiger partial charge in [0, 0.05) is 10.8 Å². The molecular weight excluding hydrogens is 1230 g/mol. The standard InChI is InChI=1S/C40H34ClN9O23S7/c1-20-14-21-15-27(79(60,61)62)18-29(32(21)36(51)34(20)49-47-23-2-6-25(7-3-23)77(56,57)12-10-66-75-72-69-54)42-39-44-38(41)45-40(46-39)43-30-19-28(80(63,64)65)16-22-17-31(74-71-68-53)35(37(52)33(22)30)50-48-24-4-8-26(9-5-24)78(58,59)13-11-67-76-73-70-55/h2-9,14-19,51-55H,10-13H2,1H3,(H,60,61,62)(H,63,64,65)(H2,42,43,44,45,46)/b49-47+,50-48+. The number of azo groups is 2. The number of aromatic hydroxyl groups is 2. The fourth-order valence-corrected chi connectivity index (χ4v) is 11.5. The van der Waals surface area contributed by atoms with Gasteiger partial charge in [-0.25, -0.2) is 32.6 Å². The molecular formula is C40H34ClN9O23S7. The molecule has 32 nitrogen and oxygen atoms in total. The van der Waals surface area contributed by atoms with Gasteiger partial charge in [0.05, 0.1) is 84.0 Å². The molecule has 0 atom stereocenters. The van der Waals surface area contributed by atoms with Crippen molar-refractivity contribution < 1.29 is 105 Å². The molecule has 0 saturated carbocycles. The van der Waals surface area contributed by atoms with Crippen molar-refractivity contribution in [2.45, 2.75) is 31.4 Å². The Labute approximate surface area is 467 Å². The van der Waals surface area contributed by atoms with Gasteiger partial charge in [-0.15, -0.1) is 23.2 Å².